The zero-order valence-corrected chi connectivity index (χ0v) is 34.9. The number of hydrogen-bond acceptors (Lipinski definition) is 1. The molecule has 0 aliphatic heterocycles. The molecule has 2 aliphatic carbocycles. The van der Waals surface area contributed by atoms with Crippen molar-refractivity contribution < 1.29 is 4.74 Å². The predicted molar refractivity (Wildman–Crippen MR) is 238 cm³/mol. The molecule has 0 saturated carbocycles. The van der Waals surface area contributed by atoms with Gasteiger partial charge in [0, 0.05) is 64.5 Å². The lowest BCUT2D eigenvalue weighted by Gasteiger charge is -2.43. The number of fused-ring (bicyclic) bond motifs is 9. The van der Waals surface area contributed by atoms with Crippen molar-refractivity contribution in [1.82, 2.24) is 9.13 Å². The number of allylic oxidation sites excluding steroid dienone is 1. The van der Waals surface area contributed by atoms with Gasteiger partial charge in [0.05, 0.1) is 19.4 Å². The quantitative estimate of drug-likeness (QED) is 0.0954. The Morgan fingerprint density at radius 2 is 1.38 bits per heavy atom. The van der Waals surface area contributed by atoms with Gasteiger partial charge in [-0.05, 0) is 103 Å². The first-order chi connectivity index (χ1) is 26.6. The van der Waals surface area contributed by atoms with Crippen molar-refractivity contribution in [2.75, 3.05) is 6.61 Å². The molecule has 4 heteroatoms. The van der Waals surface area contributed by atoms with Gasteiger partial charge in [0.2, 0.25) is 0 Å². The first-order valence-corrected chi connectivity index (χ1v) is 23.3. The van der Waals surface area contributed by atoms with Gasteiger partial charge < -0.3 is 13.9 Å². The van der Waals surface area contributed by atoms with E-state index in [9.17, 15) is 0 Å². The maximum Gasteiger partial charge on any atom is 0.0781 e. The summed E-state index contributed by atoms with van der Waals surface area (Å²) in [5.41, 5.74) is 17.8. The molecule has 3 nitrogen and oxygen atoms in total. The molecule has 280 valence electrons. The van der Waals surface area contributed by atoms with Gasteiger partial charge in [0.1, 0.15) is 0 Å². The molecule has 3 atom stereocenters. The van der Waals surface area contributed by atoms with Crippen molar-refractivity contribution >= 4 is 46.9 Å². The molecule has 5 aromatic carbocycles. The minimum atomic E-state index is -2.21. The summed E-state index contributed by atoms with van der Waals surface area (Å²) in [4.78, 5) is 0. The maximum absolute atomic E-state index is 6.12. The molecule has 0 spiro atoms. The van der Waals surface area contributed by atoms with Crippen molar-refractivity contribution in [3.8, 4) is 22.4 Å². The summed E-state index contributed by atoms with van der Waals surface area (Å²) in [6, 6.07) is 42.3. The Hall–Kier alpha value is -4.64. The lowest BCUT2D eigenvalue weighted by molar-refractivity contribution is -0.00471. The Morgan fingerprint density at radius 3 is 2.22 bits per heavy atom. The first kappa shape index (κ1) is 36.0. The molecule has 9 rings (SSSR count). The van der Waals surface area contributed by atoms with Crippen LogP contribution in [0.1, 0.15) is 92.3 Å². The number of nitrogens with zero attached hydrogens (tertiary/aromatic N) is 2. The fourth-order valence-corrected chi connectivity index (χ4v) is 16.9. The van der Waals surface area contributed by atoms with Crippen LogP contribution in [0.4, 0.5) is 0 Å². The molecule has 2 aliphatic rings. The second-order valence-corrected chi connectivity index (χ2v) is 22.4. The van der Waals surface area contributed by atoms with Gasteiger partial charge >= 0.3 is 0 Å². The number of rotatable bonds is 11. The van der Waals surface area contributed by atoms with E-state index in [4.69, 9.17) is 4.74 Å². The number of aryl methyl sites for hydroxylation is 3. The molecule has 3 unspecified atom stereocenters. The van der Waals surface area contributed by atoms with E-state index >= 15 is 0 Å². The van der Waals surface area contributed by atoms with E-state index in [0.29, 0.717) is 11.1 Å². The van der Waals surface area contributed by atoms with E-state index in [1.165, 1.54) is 97.6 Å². The smallest absolute Gasteiger partial charge is 0.0781 e. The van der Waals surface area contributed by atoms with Gasteiger partial charge in [0.15, 0.2) is 0 Å². The summed E-state index contributed by atoms with van der Waals surface area (Å²) < 4.78 is 11.0. The zero-order chi connectivity index (χ0) is 38.1. The molecule has 2 aromatic heterocycles. The molecule has 2 heterocycles. The van der Waals surface area contributed by atoms with Crippen LogP contribution >= 0.6 is 0 Å². The fraction of sp³-hybridized carbons (Fsp3) is 0.333. The van der Waals surface area contributed by atoms with E-state index < -0.39 is 8.07 Å². The summed E-state index contributed by atoms with van der Waals surface area (Å²) in [5, 5.41) is 4.12. The molecule has 55 heavy (non-hydrogen) atoms. The Kier molecular flexibility index (Phi) is 9.06. The van der Waals surface area contributed by atoms with Crippen LogP contribution in [0, 0.1) is 6.92 Å². The van der Waals surface area contributed by atoms with Gasteiger partial charge in [-0.1, -0.05) is 129 Å². The second kappa shape index (κ2) is 13.8. The highest BCUT2D eigenvalue weighted by atomic mass is 28.3. The van der Waals surface area contributed by atoms with E-state index in [1.54, 1.807) is 16.7 Å². The van der Waals surface area contributed by atoms with Crippen LogP contribution in [0.2, 0.25) is 12.1 Å². The number of ether oxygens (including phenoxy) is 1. The summed E-state index contributed by atoms with van der Waals surface area (Å²) in [6.07, 6.45) is 10.1. The van der Waals surface area contributed by atoms with Crippen LogP contribution in [-0.4, -0.2) is 29.4 Å². The van der Waals surface area contributed by atoms with Crippen molar-refractivity contribution in [3.63, 3.8) is 0 Å². The van der Waals surface area contributed by atoms with Crippen LogP contribution in [0.3, 0.4) is 0 Å². The highest BCUT2D eigenvalue weighted by Gasteiger charge is 2.52. The number of hydrogen-bond donors (Lipinski definition) is 0. The monoisotopic (exact) mass is 740 g/mol. The van der Waals surface area contributed by atoms with Crippen LogP contribution in [0.5, 0.6) is 0 Å². The molecule has 0 N–H and O–H groups in total. The summed E-state index contributed by atoms with van der Waals surface area (Å²) in [6.45, 7) is 12.1. The van der Waals surface area contributed by atoms with Crippen molar-refractivity contribution in [2.24, 2.45) is 14.1 Å². The first-order valence-electron chi connectivity index (χ1n) is 20.7. The van der Waals surface area contributed by atoms with Crippen LogP contribution in [-0.2, 0) is 18.8 Å². The van der Waals surface area contributed by atoms with E-state index in [-0.39, 0.29) is 5.60 Å². The van der Waals surface area contributed by atoms with E-state index in [1.807, 2.05) is 0 Å². The average Bonchev–Trinajstić information content (AvgIpc) is 3.92. The standard InChI is InChI=1S/C51H56N2OSi/c1-8-55(31-16-10-9-15-30-54-51(3,4)5,50-41-20-12-11-19-40(41)49-48(50)43-32-34(2)24-27-46(43)53(49)7)47-29-26-37-36(21-17-22-39(37)47)35-25-28-45-42(33-35)38-18-13-14-23-44(38)52(45)6/h11-14,17-29,32-33,47,50H,8-10,15-16,30-31H2,1-7H3. The number of para-hydroxylation sites is 1. The maximum atomic E-state index is 6.12. The van der Waals surface area contributed by atoms with Gasteiger partial charge in [-0.25, -0.2) is 0 Å². The third-order valence-corrected chi connectivity index (χ3v) is 19.4. The van der Waals surface area contributed by atoms with Gasteiger partial charge in [-0.2, -0.15) is 0 Å². The summed E-state index contributed by atoms with van der Waals surface area (Å²) in [5.74, 6) is 0. The molecule has 7 aromatic rings. The lowest BCUT2D eigenvalue weighted by Crippen LogP contribution is -2.46. The normalized spacial score (nSPS) is 17.3. The van der Waals surface area contributed by atoms with Crippen LogP contribution in [0.25, 0.3) is 61.2 Å². The molecular formula is C51H56N2OSi. The third-order valence-electron chi connectivity index (χ3n) is 13.3. The summed E-state index contributed by atoms with van der Waals surface area (Å²) in [7, 11) is 2.28. The topological polar surface area (TPSA) is 19.1 Å². The predicted octanol–water partition coefficient (Wildman–Crippen LogP) is 13.6. The Morgan fingerprint density at radius 1 is 0.673 bits per heavy atom. The minimum absolute atomic E-state index is 0.0731. The number of aromatic nitrogens is 2. The summed E-state index contributed by atoms with van der Waals surface area (Å²) >= 11 is 0. The Balaban J connectivity index is 1.17. The van der Waals surface area contributed by atoms with Crippen LogP contribution < -0.4 is 0 Å². The van der Waals surface area contributed by atoms with Crippen molar-refractivity contribution in [2.45, 2.75) is 89.1 Å². The second-order valence-electron chi connectivity index (χ2n) is 17.5. The lowest BCUT2D eigenvalue weighted by atomic mass is 9.96. The number of benzene rings is 5. The zero-order valence-electron chi connectivity index (χ0n) is 33.9. The molecule has 0 radical (unpaired) electrons. The number of unbranched alkanes of at least 4 members (excludes halogenated alkanes) is 3. The van der Waals surface area contributed by atoms with E-state index in [0.717, 1.165) is 13.0 Å². The van der Waals surface area contributed by atoms with Crippen LogP contribution in [0.15, 0.2) is 109 Å². The molecule has 0 saturated heterocycles. The van der Waals surface area contributed by atoms with Crippen molar-refractivity contribution in [3.05, 3.63) is 137 Å². The van der Waals surface area contributed by atoms with Gasteiger partial charge in [-0.3, -0.25) is 0 Å². The Bertz CT molecular complexity index is 2610. The van der Waals surface area contributed by atoms with E-state index in [2.05, 4.69) is 173 Å². The minimum Gasteiger partial charge on any atom is -0.376 e. The fourth-order valence-electron chi connectivity index (χ4n) is 10.7. The SMILES string of the molecule is CC[Si](CCCCCCOC(C)(C)C)(C1C=Cc2c(-c3ccc4c(c3)c3ccccc3n4C)cccc21)C1c2ccccc2-c2c1c1cc(C)ccc1n2C. The van der Waals surface area contributed by atoms with Gasteiger partial charge in [0.25, 0.3) is 0 Å². The average molecular weight is 741 g/mol. The highest BCUT2D eigenvalue weighted by Crippen LogP contribution is 2.59. The molecule has 0 bridgehead atoms. The van der Waals surface area contributed by atoms with Gasteiger partial charge in [-0.15, -0.1) is 0 Å². The highest BCUT2D eigenvalue weighted by molar-refractivity contribution is 6.84. The largest absolute Gasteiger partial charge is 0.376 e. The third kappa shape index (κ3) is 5.87. The molecule has 0 amide bonds. The molecular weight excluding hydrogens is 685 g/mol. The molecule has 0 fully saturated rings. The van der Waals surface area contributed by atoms with Crippen molar-refractivity contribution in [1.29, 1.82) is 0 Å². The Labute approximate surface area is 328 Å².